The van der Waals surface area contributed by atoms with Crippen LogP contribution in [0.2, 0.25) is 0 Å². The van der Waals surface area contributed by atoms with Gasteiger partial charge in [0.15, 0.2) is 0 Å². The third-order valence-corrected chi connectivity index (χ3v) is 5.35. The van der Waals surface area contributed by atoms with Crippen molar-refractivity contribution in [2.24, 2.45) is 11.5 Å². The summed E-state index contributed by atoms with van der Waals surface area (Å²) < 4.78 is 0. The molecule has 0 unspecified atom stereocenters. The maximum Gasteiger partial charge on any atom is 0.246 e. The average Bonchev–Trinajstić information content (AvgIpc) is 2.85. The molecule has 0 aromatic carbocycles. The van der Waals surface area contributed by atoms with Crippen LogP contribution in [0, 0.1) is 0 Å². The van der Waals surface area contributed by atoms with Gasteiger partial charge in [0.1, 0.15) is 0 Å². The van der Waals surface area contributed by atoms with Crippen molar-refractivity contribution in [3.63, 3.8) is 0 Å². The van der Waals surface area contributed by atoms with E-state index >= 15 is 0 Å². The lowest BCUT2D eigenvalue weighted by atomic mass is 10.2. The Morgan fingerprint density at radius 2 is 0.914 bits per heavy atom. The molecule has 0 rings (SSSR count). The molecule has 0 spiro atoms. The molecule has 0 bridgehead atoms. The van der Waals surface area contributed by atoms with Crippen LogP contribution >= 0.6 is 0 Å². The van der Waals surface area contributed by atoms with E-state index in [0.717, 1.165) is 44.9 Å². The molecular formula is C23H46N6O6. The lowest BCUT2D eigenvalue weighted by Gasteiger charge is -2.14. The molecule has 12 nitrogen and oxygen atoms in total. The molecule has 35 heavy (non-hydrogen) atoms. The molecule has 12 heteroatoms. The second kappa shape index (κ2) is 22.2. The number of rotatable bonds is 22. The summed E-state index contributed by atoms with van der Waals surface area (Å²) in [6.45, 7) is 2.57. The smallest absolute Gasteiger partial charge is 0.246 e. The molecule has 0 radical (unpaired) electrons. The number of nitrogens with zero attached hydrogens (tertiary/aromatic N) is 2. The van der Waals surface area contributed by atoms with Gasteiger partial charge in [-0.2, -0.15) is 0 Å². The van der Waals surface area contributed by atoms with Crippen LogP contribution in [0.15, 0.2) is 0 Å². The third kappa shape index (κ3) is 19.7. The Balaban J connectivity index is 3.67. The monoisotopic (exact) mass is 502 g/mol. The molecule has 0 aliphatic rings. The average molecular weight is 503 g/mol. The molecule has 0 aromatic rings. The maximum atomic E-state index is 11.8. The number of hydroxylamine groups is 4. The van der Waals surface area contributed by atoms with Crippen molar-refractivity contribution in [3.05, 3.63) is 0 Å². The molecule has 0 fully saturated rings. The fraction of sp³-hybridized carbons (Fsp3) is 0.826. The quantitative estimate of drug-likeness (QED) is 0.0705. The summed E-state index contributed by atoms with van der Waals surface area (Å²) in [5.74, 6) is -1.44. The van der Waals surface area contributed by atoms with E-state index < -0.39 is 11.8 Å². The molecule has 0 heterocycles. The fourth-order valence-electron chi connectivity index (χ4n) is 3.17. The predicted molar refractivity (Wildman–Crippen MR) is 131 cm³/mol. The summed E-state index contributed by atoms with van der Waals surface area (Å²) in [4.78, 5) is 47.2. The van der Waals surface area contributed by atoms with Gasteiger partial charge in [-0.25, -0.2) is 10.1 Å². The van der Waals surface area contributed by atoms with Gasteiger partial charge in [-0.05, 0) is 58.0 Å². The Bertz CT molecular complexity index is 557. The number of amides is 4. The minimum absolute atomic E-state index is 0.0203. The van der Waals surface area contributed by atoms with Gasteiger partial charge >= 0.3 is 0 Å². The topological polar surface area (TPSA) is 191 Å². The van der Waals surface area contributed by atoms with Gasteiger partial charge in [-0.3, -0.25) is 29.6 Å². The highest BCUT2D eigenvalue weighted by molar-refractivity contribution is 5.83. The Kier molecular flexibility index (Phi) is 20.8. The first-order chi connectivity index (χ1) is 16.8. The SMILES string of the molecule is NCCCCCN(O)C(=O)CCC(=O)NCCCCCNC(=O)CCC(=O)N(O)CCCCCN. The van der Waals surface area contributed by atoms with Crippen molar-refractivity contribution in [1.29, 1.82) is 0 Å². The van der Waals surface area contributed by atoms with Crippen LogP contribution in [0.25, 0.3) is 0 Å². The van der Waals surface area contributed by atoms with Crippen LogP contribution < -0.4 is 22.1 Å². The molecule has 0 saturated carbocycles. The lowest BCUT2D eigenvalue weighted by molar-refractivity contribution is -0.166. The first-order valence-electron chi connectivity index (χ1n) is 12.7. The second-order valence-electron chi connectivity index (χ2n) is 8.49. The van der Waals surface area contributed by atoms with Crippen molar-refractivity contribution in [3.8, 4) is 0 Å². The van der Waals surface area contributed by atoms with Crippen molar-refractivity contribution in [1.82, 2.24) is 20.8 Å². The highest BCUT2D eigenvalue weighted by atomic mass is 16.5. The number of nitrogens with two attached hydrogens (primary N) is 2. The fourth-order valence-corrected chi connectivity index (χ4v) is 3.17. The van der Waals surface area contributed by atoms with Crippen LogP contribution in [0.4, 0.5) is 0 Å². The second-order valence-corrected chi connectivity index (χ2v) is 8.49. The van der Waals surface area contributed by atoms with E-state index in [4.69, 9.17) is 11.5 Å². The number of nitrogens with one attached hydrogen (secondary N) is 2. The van der Waals surface area contributed by atoms with Gasteiger partial charge < -0.3 is 22.1 Å². The predicted octanol–water partition coefficient (Wildman–Crippen LogP) is 0.643. The first kappa shape index (κ1) is 32.7. The molecule has 0 saturated heterocycles. The molecule has 4 amide bonds. The van der Waals surface area contributed by atoms with Gasteiger partial charge in [0.05, 0.1) is 0 Å². The Morgan fingerprint density at radius 1 is 0.543 bits per heavy atom. The summed E-state index contributed by atoms with van der Waals surface area (Å²) in [6, 6.07) is 0. The first-order valence-corrected chi connectivity index (χ1v) is 12.7. The maximum absolute atomic E-state index is 11.8. The highest BCUT2D eigenvalue weighted by Crippen LogP contribution is 2.02. The molecule has 204 valence electrons. The van der Waals surface area contributed by atoms with E-state index in [0.29, 0.717) is 49.1 Å². The number of hydrogen-bond acceptors (Lipinski definition) is 8. The van der Waals surface area contributed by atoms with E-state index in [1.807, 2.05) is 0 Å². The zero-order chi connectivity index (χ0) is 26.3. The Hall–Kier alpha value is -2.28. The summed E-state index contributed by atoms with van der Waals surface area (Å²) in [5.41, 5.74) is 10.8. The number of carbonyl (C=O) groups excluding carboxylic acids is 4. The van der Waals surface area contributed by atoms with Gasteiger partial charge in [-0.15, -0.1) is 0 Å². The summed E-state index contributed by atoms with van der Waals surface area (Å²) in [7, 11) is 0. The Labute approximate surface area is 208 Å². The van der Waals surface area contributed by atoms with Crippen molar-refractivity contribution < 1.29 is 29.6 Å². The minimum atomic E-state index is -0.473. The largest absolute Gasteiger partial charge is 0.356 e. The van der Waals surface area contributed by atoms with E-state index in [9.17, 15) is 29.6 Å². The normalized spacial score (nSPS) is 10.6. The van der Waals surface area contributed by atoms with Gasteiger partial charge in [0, 0.05) is 51.9 Å². The summed E-state index contributed by atoms with van der Waals surface area (Å²) >= 11 is 0. The number of carbonyl (C=O) groups is 4. The van der Waals surface area contributed by atoms with Crippen molar-refractivity contribution in [2.45, 2.75) is 83.5 Å². The molecular weight excluding hydrogens is 456 g/mol. The molecule has 8 N–H and O–H groups in total. The van der Waals surface area contributed by atoms with E-state index in [1.54, 1.807) is 0 Å². The standard InChI is InChI=1S/C23H46N6O6/c24-14-4-1-8-18-28(34)22(32)12-10-20(30)26-16-6-3-7-17-27-21(31)11-13-23(33)29(35)19-9-2-5-15-25/h34-35H,1-19,24-25H2,(H,26,30)(H,27,31). The highest BCUT2D eigenvalue weighted by Gasteiger charge is 2.13. The zero-order valence-corrected chi connectivity index (χ0v) is 21.0. The van der Waals surface area contributed by atoms with E-state index in [1.165, 1.54) is 0 Å². The minimum Gasteiger partial charge on any atom is -0.356 e. The van der Waals surface area contributed by atoms with Crippen molar-refractivity contribution in [2.75, 3.05) is 39.3 Å². The summed E-state index contributed by atoms with van der Waals surface area (Å²) in [6.07, 6.45) is 6.89. The molecule has 0 atom stereocenters. The number of unbranched alkanes of at least 4 members (excludes halogenated alkanes) is 6. The molecule has 0 aliphatic heterocycles. The van der Waals surface area contributed by atoms with Gasteiger partial charge in [-0.1, -0.05) is 12.8 Å². The van der Waals surface area contributed by atoms with Crippen LogP contribution in [0.3, 0.4) is 0 Å². The van der Waals surface area contributed by atoms with Gasteiger partial charge in [0.25, 0.3) is 0 Å². The van der Waals surface area contributed by atoms with Gasteiger partial charge in [0.2, 0.25) is 23.6 Å². The summed E-state index contributed by atoms with van der Waals surface area (Å²) in [5, 5.41) is 26.1. The molecule has 0 aromatic heterocycles. The van der Waals surface area contributed by atoms with Crippen LogP contribution in [-0.2, 0) is 19.2 Å². The van der Waals surface area contributed by atoms with E-state index in [-0.39, 0.29) is 50.6 Å². The third-order valence-electron chi connectivity index (χ3n) is 5.35. The van der Waals surface area contributed by atoms with E-state index in [2.05, 4.69) is 10.6 Å². The lowest BCUT2D eigenvalue weighted by Crippen LogP contribution is -2.31. The number of hydrogen-bond donors (Lipinski definition) is 6. The van der Waals surface area contributed by atoms with Crippen LogP contribution in [-0.4, -0.2) is 83.4 Å². The molecule has 0 aliphatic carbocycles. The zero-order valence-electron chi connectivity index (χ0n) is 21.0. The van der Waals surface area contributed by atoms with Crippen LogP contribution in [0.5, 0.6) is 0 Å². The van der Waals surface area contributed by atoms with Crippen LogP contribution in [0.1, 0.15) is 83.5 Å². The Morgan fingerprint density at radius 3 is 1.29 bits per heavy atom. The van der Waals surface area contributed by atoms with Crippen molar-refractivity contribution >= 4 is 23.6 Å².